The Kier molecular flexibility index (Phi) is 5.64. The Bertz CT molecular complexity index is 816. The van der Waals surface area contributed by atoms with Gasteiger partial charge in [0.2, 0.25) is 6.79 Å². The van der Waals surface area contributed by atoms with Gasteiger partial charge in [0.25, 0.3) is 0 Å². The van der Waals surface area contributed by atoms with Crippen LogP contribution in [-0.4, -0.2) is 39.8 Å². The molecule has 0 bridgehead atoms. The lowest BCUT2D eigenvalue weighted by Gasteiger charge is -2.23. The normalized spacial score (nSPS) is 14.3. The minimum Gasteiger partial charge on any atom is -0.465 e. The van der Waals surface area contributed by atoms with Crippen LogP contribution in [-0.2, 0) is 14.3 Å². The van der Waals surface area contributed by atoms with Gasteiger partial charge in [-0.1, -0.05) is 18.2 Å². The molecule has 0 radical (unpaired) electrons. The predicted molar refractivity (Wildman–Crippen MR) is 102 cm³/mol. The zero-order valence-corrected chi connectivity index (χ0v) is 15.7. The van der Waals surface area contributed by atoms with Crippen molar-refractivity contribution in [1.29, 1.82) is 0 Å². The average Bonchev–Trinajstić information content (AvgIpc) is 3.14. The third-order valence-electron chi connectivity index (χ3n) is 4.60. The topological polar surface area (TPSA) is 65.1 Å². The maximum atomic E-state index is 12.7. The van der Waals surface area contributed by atoms with Gasteiger partial charge in [-0.2, -0.15) is 0 Å². The number of esters is 1. The summed E-state index contributed by atoms with van der Waals surface area (Å²) < 4.78 is 16.0. The Balaban J connectivity index is 2.00. The molecular formula is C21H23NO5. The SMILES string of the molecule is CCOC(=O)C(c1ccc2c(c1)OCO2)C(C=O)c1ccc(N(C)C)cc1. The second-order valence-electron chi connectivity index (χ2n) is 6.49. The molecule has 2 atom stereocenters. The number of ether oxygens (including phenoxy) is 3. The van der Waals surface area contributed by atoms with Crippen LogP contribution in [0.4, 0.5) is 5.69 Å². The number of anilines is 1. The number of fused-ring (bicyclic) bond motifs is 1. The average molecular weight is 369 g/mol. The van der Waals surface area contributed by atoms with Crippen molar-refractivity contribution in [2.75, 3.05) is 32.4 Å². The van der Waals surface area contributed by atoms with Crippen LogP contribution in [0.3, 0.4) is 0 Å². The molecule has 142 valence electrons. The van der Waals surface area contributed by atoms with Crippen LogP contribution in [0.25, 0.3) is 0 Å². The molecule has 3 rings (SSSR count). The maximum absolute atomic E-state index is 12.7. The van der Waals surface area contributed by atoms with Crippen LogP contribution >= 0.6 is 0 Å². The highest BCUT2D eigenvalue weighted by molar-refractivity contribution is 5.85. The first kappa shape index (κ1) is 18.8. The highest BCUT2D eigenvalue weighted by Gasteiger charge is 2.33. The Morgan fingerprint density at radius 2 is 1.78 bits per heavy atom. The fourth-order valence-corrected chi connectivity index (χ4v) is 3.17. The van der Waals surface area contributed by atoms with Crippen LogP contribution in [0.15, 0.2) is 42.5 Å². The fraction of sp³-hybridized carbons (Fsp3) is 0.333. The van der Waals surface area contributed by atoms with Crippen molar-refractivity contribution in [3.63, 3.8) is 0 Å². The smallest absolute Gasteiger partial charge is 0.314 e. The number of nitrogens with zero attached hydrogens (tertiary/aromatic N) is 1. The molecule has 2 aromatic carbocycles. The van der Waals surface area contributed by atoms with Gasteiger partial charge in [0.1, 0.15) is 6.29 Å². The summed E-state index contributed by atoms with van der Waals surface area (Å²) in [5.74, 6) is -0.679. The van der Waals surface area contributed by atoms with E-state index >= 15 is 0 Å². The summed E-state index contributed by atoms with van der Waals surface area (Å²) in [5, 5.41) is 0. The van der Waals surface area contributed by atoms with E-state index in [1.165, 1.54) is 0 Å². The third-order valence-corrected chi connectivity index (χ3v) is 4.60. The number of rotatable bonds is 7. The van der Waals surface area contributed by atoms with Crippen LogP contribution in [0.1, 0.15) is 29.9 Å². The lowest BCUT2D eigenvalue weighted by molar-refractivity contribution is -0.146. The summed E-state index contributed by atoms with van der Waals surface area (Å²) in [7, 11) is 3.89. The van der Waals surface area contributed by atoms with Crippen molar-refractivity contribution in [2.24, 2.45) is 0 Å². The van der Waals surface area contributed by atoms with E-state index in [2.05, 4.69) is 0 Å². The summed E-state index contributed by atoms with van der Waals surface area (Å²) >= 11 is 0. The molecule has 1 aliphatic heterocycles. The molecule has 1 aliphatic rings. The number of hydrogen-bond donors (Lipinski definition) is 0. The molecule has 0 saturated carbocycles. The lowest BCUT2D eigenvalue weighted by atomic mass is 9.82. The molecule has 0 aromatic heterocycles. The largest absolute Gasteiger partial charge is 0.465 e. The minimum absolute atomic E-state index is 0.145. The van der Waals surface area contributed by atoms with Gasteiger partial charge in [-0.3, -0.25) is 4.79 Å². The van der Waals surface area contributed by atoms with E-state index < -0.39 is 17.8 Å². The highest BCUT2D eigenvalue weighted by Crippen LogP contribution is 2.39. The van der Waals surface area contributed by atoms with Gasteiger partial charge < -0.3 is 23.9 Å². The third kappa shape index (κ3) is 3.89. The molecule has 0 N–H and O–H groups in total. The minimum atomic E-state index is -0.762. The number of hydrogen-bond acceptors (Lipinski definition) is 6. The molecule has 6 heteroatoms. The van der Waals surface area contributed by atoms with Crippen LogP contribution in [0.2, 0.25) is 0 Å². The first-order valence-corrected chi connectivity index (χ1v) is 8.84. The Hall–Kier alpha value is -3.02. The van der Waals surface area contributed by atoms with E-state index in [1.54, 1.807) is 25.1 Å². The van der Waals surface area contributed by atoms with E-state index in [0.29, 0.717) is 17.1 Å². The molecule has 27 heavy (non-hydrogen) atoms. The van der Waals surface area contributed by atoms with Crippen molar-refractivity contribution in [1.82, 2.24) is 0 Å². The van der Waals surface area contributed by atoms with Crippen LogP contribution < -0.4 is 14.4 Å². The number of aldehydes is 1. The van der Waals surface area contributed by atoms with Crippen molar-refractivity contribution in [3.05, 3.63) is 53.6 Å². The second kappa shape index (κ2) is 8.12. The quantitative estimate of drug-likeness (QED) is 0.552. The maximum Gasteiger partial charge on any atom is 0.314 e. The van der Waals surface area contributed by atoms with Crippen LogP contribution in [0.5, 0.6) is 11.5 Å². The molecular weight excluding hydrogens is 346 g/mol. The zero-order chi connectivity index (χ0) is 19.4. The Labute approximate surface area is 158 Å². The molecule has 0 amide bonds. The van der Waals surface area contributed by atoms with Gasteiger partial charge in [0, 0.05) is 19.8 Å². The first-order valence-electron chi connectivity index (χ1n) is 8.84. The van der Waals surface area contributed by atoms with Gasteiger partial charge in [0.15, 0.2) is 11.5 Å². The molecule has 2 aromatic rings. The Morgan fingerprint density at radius 3 is 2.41 bits per heavy atom. The van der Waals surface area contributed by atoms with E-state index in [-0.39, 0.29) is 13.4 Å². The van der Waals surface area contributed by atoms with Crippen molar-refractivity contribution in [3.8, 4) is 11.5 Å². The van der Waals surface area contributed by atoms with Gasteiger partial charge in [-0.25, -0.2) is 0 Å². The zero-order valence-electron chi connectivity index (χ0n) is 15.7. The standard InChI is InChI=1S/C21H23NO5/c1-4-25-21(24)20(15-7-10-18-19(11-15)27-13-26-18)17(12-23)14-5-8-16(9-6-14)22(2)3/h5-12,17,20H,4,13H2,1-3H3. The van der Waals surface area contributed by atoms with Crippen molar-refractivity contribution < 1.29 is 23.8 Å². The number of benzene rings is 2. The highest BCUT2D eigenvalue weighted by atomic mass is 16.7. The van der Waals surface area contributed by atoms with E-state index in [0.717, 1.165) is 17.5 Å². The van der Waals surface area contributed by atoms with Gasteiger partial charge in [-0.15, -0.1) is 0 Å². The first-order chi connectivity index (χ1) is 13.0. The fourth-order valence-electron chi connectivity index (χ4n) is 3.17. The van der Waals surface area contributed by atoms with Crippen LogP contribution in [0, 0.1) is 0 Å². The molecule has 0 spiro atoms. The number of carbonyl (C=O) groups excluding carboxylic acids is 2. The molecule has 0 saturated heterocycles. The van der Waals surface area contributed by atoms with E-state index in [1.807, 2.05) is 43.3 Å². The summed E-state index contributed by atoms with van der Waals surface area (Å²) in [5.41, 5.74) is 2.43. The molecule has 1 heterocycles. The molecule has 2 unspecified atom stereocenters. The summed E-state index contributed by atoms with van der Waals surface area (Å²) in [6.45, 7) is 2.13. The molecule has 0 aliphatic carbocycles. The summed E-state index contributed by atoms with van der Waals surface area (Å²) in [4.78, 5) is 26.7. The summed E-state index contributed by atoms with van der Waals surface area (Å²) in [6.07, 6.45) is 0.802. The van der Waals surface area contributed by atoms with Crippen molar-refractivity contribution >= 4 is 17.9 Å². The lowest BCUT2D eigenvalue weighted by Crippen LogP contribution is -2.24. The van der Waals surface area contributed by atoms with Gasteiger partial charge in [0.05, 0.1) is 18.4 Å². The van der Waals surface area contributed by atoms with Gasteiger partial charge >= 0.3 is 5.97 Å². The monoisotopic (exact) mass is 369 g/mol. The van der Waals surface area contributed by atoms with Crippen molar-refractivity contribution in [2.45, 2.75) is 18.8 Å². The van der Waals surface area contributed by atoms with E-state index in [4.69, 9.17) is 14.2 Å². The van der Waals surface area contributed by atoms with E-state index in [9.17, 15) is 9.59 Å². The number of carbonyl (C=O) groups is 2. The van der Waals surface area contributed by atoms with Gasteiger partial charge in [-0.05, 0) is 42.3 Å². The molecule has 0 fully saturated rings. The summed E-state index contributed by atoms with van der Waals surface area (Å²) in [6, 6.07) is 12.9. The molecule has 6 nitrogen and oxygen atoms in total. The predicted octanol–water partition coefficient (Wildman–Crippen LogP) is 3.11. The Morgan fingerprint density at radius 1 is 1.11 bits per heavy atom. The second-order valence-corrected chi connectivity index (χ2v) is 6.49.